The standard InChI is InChI=1S/C11H16O2/c1-5-9(2)8-10(3)6-7-11(12)13-4/h5-8H,1-4H3/b7-6+,9-5+,10-8+. The number of carbonyl (C=O) groups is 1. The molecule has 2 heteroatoms. The van der Waals surface area contributed by atoms with Crippen LogP contribution in [0.3, 0.4) is 0 Å². The fourth-order valence-electron chi connectivity index (χ4n) is 0.758. The van der Waals surface area contributed by atoms with E-state index in [-0.39, 0.29) is 5.97 Å². The normalized spacial score (nSPS) is 13.5. The number of hydrogen-bond donors (Lipinski definition) is 0. The highest BCUT2D eigenvalue weighted by Gasteiger charge is 1.90. The van der Waals surface area contributed by atoms with Gasteiger partial charge in [-0.05, 0) is 20.8 Å². The van der Waals surface area contributed by atoms with Gasteiger partial charge in [0.1, 0.15) is 0 Å². The van der Waals surface area contributed by atoms with Crippen molar-refractivity contribution in [2.24, 2.45) is 0 Å². The molecule has 0 saturated carbocycles. The van der Waals surface area contributed by atoms with Crippen LogP contribution in [0.1, 0.15) is 20.8 Å². The Morgan fingerprint density at radius 1 is 1.15 bits per heavy atom. The van der Waals surface area contributed by atoms with Crippen molar-refractivity contribution in [2.75, 3.05) is 7.11 Å². The molecule has 0 aliphatic carbocycles. The molecular formula is C11H16O2. The Morgan fingerprint density at radius 2 is 1.77 bits per heavy atom. The Bertz CT molecular complexity index is 257. The van der Waals surface area contributed by atoms with E-state index in [1.165, 1.54) is 18.8 Å². The van der Waals surface area contributed by atoms with Crippen LogP contribution in [0.2, 0.25) is 0 Å². The van der Waals surface area contributed by atoms with Crippen LogP contribution < -0.4 is 0 Å². The maximum absolute atomic E-state index is 10.7. The summed E-state index contributed by atoms with van der Waals surface area (Å²) in [4.78, 5) is 10.7. The zero-order valence-electron chi connectivity index (χ0n) is 8.63. The van der Waals surface area contributed by atoms with Crippen molar-refractivity contribution in [1.29, 1.82) is 0 Å². The third-order valence-corrected chi connectivity index (χ3v) is 1.59. The maximum Gasteiger partial charge on any atom is 0.330 e. The minimum atomic E-state index is -0.328. The first-order valence-electron chi connectivity index (χ1n) is 4.17. The molecule has 0 radical (unpaired) electrons. The monoisotopic (exact) mass is 180 g/mol. The Balaban J connectivity index is 4.30. The van der Waals surface area contributed by atoms with Gasteiger partial charge in [-0.3, -0.25) is 0 Å². The summed E-state index contributed by atoms with van der Waals surface area (Å²) in [6.07, 6.45) is 7.16. The Morgan fingerprint density at radius 3 is 2.23 bits per heavy atom. The topological polar surface area (TPSA) is 26.3 Å². The third kappa shape index (κ3) is 5.91. The zero-order valence-corrected chi connectivity index (χ0v) is 8.63. The van der Waals surface area contributed by atoms with Gasteiger partial charge in [0.2, 0.25) is 0 Å². The lowest BCUT2D eigenvalue weighted by Gasteiger charge is -1.93. The van der Waals surface area contributed by atoms with Gasteiger partial charge in [0, 0.05) is 6.08 Å². The molecule has 0 fully saturated rings. The highest BCUT2D eigenvalue weighted by atomic mass is 16.5. The van der Waals surface area contributed by atoms with Gasteiger partial charge in [-0.25, -0.2) is 4.79 Å². The molecule has 0 aromatic carbocycles. The molecule has 0 aromatic rings. The molecule has 0 atom stereocenters. The number of esters is 1. The van der Waals surface area contributed by atoms with E-state index < -0.39 is 0 Å². The molecule has 0 heterocycles. The van der Waals surface area contributed by atoms with Crippen LogP contribution in [-0.2, 0) is 9.53 Å². The molecular weight excluding hydrogens is 164 g/mol. The summed E-state index contributed by atoms with van der Waals surface area (Å²) < 4.78 is 4.46. The Labute approximate surface area is 79.6 Å². The van der Waals surface area contributed by atoms with Crippen molar-refractivity contribution in [3.05, 3.63) is 35.5 Å². The van der Waals surface area contributed by atoms with E-state index in [4.69, 9.17) is 0 Å². The second-order valence-electron chi connectivity index (χ2n) is 2.78. The van der Waals surface area contributed by atoms with Gasteiger partial charge >= 0.3 is 5.97 Å². The first kappa shape index (κ1) is 11.7. The predicted octanol–water partition coefficient (Wildman–Crippen LogP) is 2.63. The van der Waals surface area contributed by atoms with Crippen molar-refractivity contribution >= 4 is 5.97 Å². The van der Waals surface area contributed by atoms with E-state index in [1.54, 1.807) is 6.08 Å². The lowest BCUT2D eigenvalue weighted by atomic mass is 10.2. The van der Waals surface area contributed by atoms with Crippen LogP contribution in [0.4, 0.5) is 0 Å². The van der Waals surface area contributed by atoms with E-state index in [2.05, 4.69) is 4.74 Å². The Hall–Kier alpha value is -1.31. The number of ether oxygens (including phenoxy) is 1. The van der Waals surface area contributed by atoms with Gasteiger partial charge in [-0.2, -0.15) is 0 Å². The summed E-state index contributed by atoms with van der Waals surface area (Å²) in [5.74, 6) is -0.328. The molecule has 0 unspecified atom stereocenters. The number of rotatable bonds is 3. The molecule has 0 aliphatic heterocycles. The highest BCUT2D eigenvalue weighted by Crippen LogP contribution is 2.02. The number of hydrogen-bond acceptors (Lipinski definition) is 2. The van der Waals surface area contributed by atoms with Crippen LogP contribution in [0.15, 0.2) is 35.5 Å². The van der Waals surface area contributed by atoms with Crippen LogP contribution in [0.5, 0.6) is 0 Å². The van der Waals surface area contributed by atoms with Gasteiger partial charge in [-0.15, -0.1) is 0 Å². The SMILES string of the molecule is C/C=C(C)/C=C(C)/C=C/C(=O)OC. The van der Waals surface area contributed by atoms with Crippen molar-refractivity contribution in [2.45, 2.75) is 20.8 Å². The lowest BCUT2D eigenvalue weighted by Crippen LogP contribution is -1.93. The first-order chi connectivity index (χ1) is 6.10. The second-order valence-corrected chi connectivity index (χ2v) is 2.78. The fourth-order valence-corrected chi connectivity index (χ4v) is 0.758. The Kier molecular flexibility index (Phi) is 5.60. The predicted molar refractivity (Wildman–Crippen MR) is 54.3 cm³/mol. The maximum atomic E-state index is 10.7. The molecule has 0 rings (SSSR count). The summed E-state index contributed by atoms with van der Waals surface area (Å²) in [5.41, 5.74) is 2.20. The zero-order chi connectivity index (χ0) is 10.3. The fraction of sp³-hybridized carbons (Fsp3) is 0.364. The number of carbonyl (C=O) groups excluding carboxylic acids is 1. The smallest absolute Gasteiger partial charge is 0.330 e. The van der Waals surface area contributed by atoms with E-state index in [0.29, 0.717) is 0 Å². The molecule has 0 N–H and O–H groups in total. The van der Waals surface area contributed by atoms with Crippen LogP contribution in [0, 0.1) is 0 Å². The largest absolute Gasteiger partial charge is 0.466 e. The average molecular weight is 180 g/mol. The van der Waals surface area contributed by atoms with Crippen molar-refractivity contribution in [3.8, 4) is 0 Å². The van der Waals surface area contributed by atoms with Crippen molar-refractivity contribution < 1.29 is 9.53 Å². The van der Waals surface area contributed by atoms with Crippen LogP contribution >= 0.6 is 0 Å². The minimum absolute atomic E-state index is 0.328. The molecule has 2 nitrogen and oxygen atoms in total. The molecule has 0 aliphatic rings. The second kappa shape index (κ2) is 6.23. The summed E-state index contributed by atoms with van der Waals surface area (Å²) in [5, 5.41) is 0. The minimum Gasteiger partial charge on any atom is -0.466 e. The first-order valence-corrected chi connectivity index (χ1v) is 4.17. The van der Waals surface area contributed by atoms with Gasteiger partial charge in [-0.1, -0.05) is 29.4 Å². The van der Waals surface area contributed by atoms with E-state index >= 15 is 0 Å². The van der Waals surface area contributed by atoms with Crippen LogP contribution in [0.25, 0.3) is 0 Å². The van der Waals surface area contributed by atoms with E-state index in [1.807, 2.05) is 32.9 Å². The molecule has 72 valence electrons. The van der Waals surface area contributed by atoms with E-state index in [9.17, 15) is 4.79 Å². The molecule has 0 saturated heterocycles. The molecule has 0 amide bonds. The van der Waals surface area contributed by atoms with Crippen molar-refractivity contribution in [1.82, 2.24) is 0 Å². The molecule has 0 bridgehead atoms. The van der Waals surface area contributed by atoms with E-state index in [0.717, 1.165) is 5.57 Å². The van der Waals surface area contributed by atoms with Crippen molar-refractivity contribution in [3.63, 3.8) is 0 Å². The van der Waals surface area contributed by atoms with Gasteiger partial charge in [0.05, 0.1) is 7.11 Å². The third-order valence-electron chi connectivity index (χ3n) is 1.59. The average Bonchev–Trinajstić information content (AvgIpc) is 2.13. The molecule has 0 aromatic heterocycles. The summed E-state index contributed by atoms with van der Waals surface area (Å²) in [6.45, 7) is 5.92. The quantitative estimate of drug-likeness (QED) is 0.379. The highest BCUT2D eigenvalue weighted by molar-refractivity contribution is 5.82. The summed E-state index contributed by atoms with van der Waals surface area (Å²) in [7, 11) is 1.36. The van der Waals surface area contributed by atoms with Gasteiger partial charge < -0.3 is 4.74 Å². The summed E-state index contributed by atoms with van der Waals surface area (Å²) >= 11 is 0. The van der Waals surface area contributed by atoms with Crippen LogP contribution in [-0.4, -0.2) is 13.1 Å². The number of methoxy groups -OCH3 is 1. The molecule has 13 heavy (non-hydrogen) atoms. The molecule has 0 spiro atoms. The summed E-state index contributed by atoms with van der Waals surface area (Å²) in [6, 6.07) is 0. The number of allylic oxidation sites excluding steroid dienone is 5. The van der Waals surface area contributed by atoms with Gasteiger partial charge in [0.25, 0.3) is 0 Å². The lowest BCUT2D eigenvalue weighted by molar-refractivity contribution is -0.134. The van der Waals surface area contributed by atoms with Gasteiger partial charge in [0.15, 0.2) is 0 Å².